The SMILES string of the molecule is CCNC(=NCC(CC)Oc1ccccc1Cl)NCCc1nnc2ccccn12.I. The van der Waals surface area contributed by atoms with Crippen molar-refractivity contribution in [2.45, 2.75) is 32.8 Å². The van der Waals surface area contributed by atoms with Crippen LogP contribution in [0.3, 0.4) is 0 Å². The van der Waals surface area contributed by atoms with E-state index in [0.717, 1.165) is 36.8 Å². The average molecular weight is 543 g/mol. The predicted molar refractivity (Wildman–Crippen MR) is 132 cm³/mol. The first-order valence-corrected chi connectivity index (χ1v) is 10.3. The minimum atomic E-state index is -0.0502. The smallest absolute Gasteiger partial charge is 0.191 e. The number of nitrogens with zero attached hydrogens (tertiary/aromatic N) is 4. The van der Waals surface area contributed by atoms with Crippen LogP contribution in [0.5, 0.6) is 5.75 Å². The molecule has 2 N–H and O–H groups in total. The Kier molecular flexibility index (Phi) is 10.2. The van der Waals surface area contributed by atoms with Crippen LogP contribution in [0.4, 0.5) is 0 Å². The molecule has 9 heteroatoms. The quantitative estimate of drug-likeness (QED) is 0.243. The molecule has 1 atom stereocenters. The largest absolute Gasteiger partial charge is 0.487 e. The summed E-state index contributed by atoms with van der Waals surface area (Å²) < 4.78 is 8.01. The van der Waals surface area contributed by atoms with Crippen molar-refractivity contribution in [1.29, 1.82) is 0 Å². The van der Waals surface area contributed by atoms with E-state index in [4.69, 9.17) is 16.3 Å². The topological polar surface area (TPSA) is 75.8 Å². The van der Waals surface area contributed by atoms with Gasteiger partial charge in [0.05, 0.1) is 11.6 Å². The van der Waals surface area contributed by atoms with Gasteiger partial charge in [0.2, 0.25) is 0 Å². The number of benzene rings is 1. The number of hydrogen-bond acceptors (Lipinski definition) is 4. The standard InChI is InChI=1S/C21H27ClN6O.HI/c1-3-16(29-18-10-6-5-9-17(18)22)15-25-21(23-4-2)24-13-12-20-27-26-19-11-7-8-14-28(19)20;/h5-11,14,16H,3-4,12-13,15H2,1-2H3,(H2,23,24,25);1H. The minimum absolute atomic E-state index is 0. The van der Waals surface area contributed by atoms with Crippen molar-refractivity contribution in [2.75, 3.05) is 19.6 Å². The third-order valence-corrected chi connectivity index (χ3v) is 4.72. The summed E-state index contributed by atoms with van der Waals surface area (Å²) in [5.74, 6) is 2.35. The van der Waals surface area contributed by atoms with E-state index in [1.807, 2.05) is 60.0 Å². The summed E-state index contributed by atoms with van der Waals surface area (Å²) in [7, 11) is 0. The summed E-state index contributed by atoms with van der Waals surface area (Å²) in [5.41, 5.74) is 0.852. The zero-order valence-corrected chi connectivity index (χ0v) is 20.3. The summed E-state index contributed by atoms with van der Waals surface area (Å²) in [6, 6.07) is 13.4. The maximum Gasteiger partial charge on any atom is 0.191 e. The van der Waals surface area contributed by atoms with Crippen LogP contribution in [0.1, 0.15) is 26.1 Å². The van der Waals surface area contributed by atoms with Gasteiger partial charge in [0, 0.05) is 25.7 Å². The first kappa shape index (κ1) is 24.2. The zero-order chi connectivity index (χ0) is 20.5. The molecule has 0 saturated heterocycles. The normalized spacial score (nSPS) is 12.3. The van der Waals surface area contributed by atoms with Gasteiger partial charge in [0.1, 0.15) is 17.7 Å². The maximum absolute atomic E-state index is 6.20. The van der Waals surface area contributed by atoms with Crippen molar-refractivity contribution in [3.63, 3.8) is 0 Å². The van der Waals surface area contributed by atoms with E-state index in [-0.39, 0.29) is 30.1 Å². The van der Waals surface area contributed by atoms with E-state index >= 15 is 0 Å². The Morgan fingerprint density at radius 3 is 2.70 bits per heavy atom. The molecule has 2 aromatic heterocycles. The van der Waals surface area contributed by atoms with Crippen LogP contribution in [0.25, 0.3) is 5.65 Å². The molecule has 3 aromatic rings. The lowest BCUT2D eigenvalue weighted by atomic mass is 10.2. The monoisotopic (exact) mass is 542 g/mol. The molecule has 0 spiro atoms. The fourth-order valence-corrected chi connectivity index (χ4v) is 3.04. The summed E-state index contributed by atoms with van der Waals surface area (Å²) in [6.45, 7) is 6.13. The van der Waals surface area contributed by atoms with E-state index in [1.54, 1.807) is 0 Å². The Labute approximate surface area is 199 Å². The average Bonchev–Trinajstić information content (AvgIpc) is 3.15. The number of aliphatic imine (C=N–C) groups is 1. The third kappa shape index (κ3) is 6.73. The fraction of sp³-hybridized carbons (Fsp3) is 0.381. The van der Waals surface area contributed by atoms with Gasteiger partial charge in [0.25, 0.3) is 0 Å². The summed E-state index contributed by atoms with van der Waals surface area (Å²) in [4.78, 5) is 4.68. The number of pyridine rings is 1. The summed E-state index contributed by atoms with van der Waals surface area (Å²) >= 11 is 6.20. The number of fused-ring (bicyclic) bond motifs is 1. The molecule has 0 aliphatic heterocycles. The number of aromatic nitrogens is 3. The second-order valence-corrected chi connectivity index (χ2v) is 6.93. The van der Waals surface area contributed by atoms with E-state index in [0.29, 0.717) is 23.9 Å². The molecule has 30 heavy (non-hydrogen) atoms. The Morgan fingerprint density at radius 2 is 1.93 bits per heavy atom. The van der Waals surface area contributed by atoms with Crippen molar-refractivity contribution < 1.29 is 4.74 Å². The van der Waals surface area contributed by atoms with Gasteiger partial charge in [-0.25, -0.2) is 4.99 Å². The van der Waals surface area contributed by atoms with Crippen LogP contribution in [0.15, 0.2) is 53.7 Å². The van der Waals surface area contributed by atoms with Crippen LogP contribution in [-0.4, -0.2) is 46.3 Å². The predicted octanol–water partition coefficient (Wildman–Crippen LogP) is 3.96. The molecule has 0 bridgehead atoms. The first-order chi connectivity index (χ1) is 14.2. The van der Waals surface area contributed by atoms with Crippen molar-refractivity contribution in [3.05, 3.63) is 59.5 Å². The highest BCUT2D eigenvalue weighted by Crippen LogP contribution is 2.24. The number of halogens is 2. The van der Waals surface area contributed by atoms with Crippen molar-refractivity contribution >= 4 is 47.2 Å². The first-order valence-electron chi connectivity index (χ1n) is 9.93. The summed E-state index contributed by atoms with van der Waals surface area (Å²) in [5, 5.41) is 15.7. The Balaban J connectivity index is 0.00000320. The van der Waals surface area contributed by atoms with Gasteiger partial charge in [-0.05, 0) is 37.6 Å². The lowest BCUT2D eigenvalue weighted by Crippen LogP contribution is -2.39. The number of guanidine groups is 1. The van der Waals surface area contributed by atoms with E-state index in [2.05, 4.69) is 32.7 Å². The lowest BCUT2D eigenvalue weighted by molar-refractivity contribution is 0.206. The van der Waals surface area contributed by atoms with Gasteiger partial charge in [0.15, 0.2) is 11.6 Å². The van der Waals surface area contributed by atoms with Crippen LogP contribution in [0.2, 0.25) is 5.02 Å². The number of ether oxygens (including phenoxy) is 1. The van der Waals surface area contributed by atoms with Gasteiger partial charge >= 0.3 is 0 Å². The lowest BCUT2D eigenvalue weighted by Gasteiger charge is -2.18. The van der Waals surface area contributed by atoms with Crippen LogP contribution >= 0.6 is 35.6 Å². The van der Waals surface area contributed by atoms with Gasteiger partial charge in [-0.2, -0.15) is 0 Å². The molecule has 7 nitrogen and oxygen atoms in total. The highest BCUT2D eigenvalue weighted by molar-refractivity contribution is 14.0. The van der Waals surface area contributed by atoms with Crippen molar-refractivity contribution in [3.8, 4) is 5.75 Å². The molecule has 0 aliphatic carbocycles. The van der Waals surface area contributed by atoms with Crippen molar-refractivity contribution in [2.24, 2.45) is 4.99 Å². The Morgan fingerprint density at radius 1 is 1.13 bits per heavy atom. The maximum atomic E-state index is 6.20. The van der Waals surface area contributed by atoms with Crippen LogP contribution in [0, 0.1) is 0 Å². The number of para-hydroxylation sites is 1. The summed E-state index contributed by atoms with van der Waals surface area (Å²) in [6.07, 6.45) is 3.50. The molecular formula is C21H28ClIN6O. The number of nitrogens with one attached hydrogen (secondary N) is 2. The van der Waals surface area contributed by atoms with Crippen LogP contribution in [-0.2, 0) is 6.42 Å². The van der Waals surface area contributed by atoms with Gasteiger partial charge < -0.3 is 15.4 Å². The molecule has 0 saturated carbocycles. The molecule has 1 aromatic carbocycles. The molecule has 1 unspecified atom stereocenters. The number of rotatable bonds is 9. The van der Waals surface area contributed by atoms with Crippen molar-refractivity contribution in [1.82, 2.24) is 25.2 Å². The second kappa shape index (κ2) is 12.6. The van der Waals surface area contributed by atoms with E-state index in [9.17, 15) is 0 Å². The highest BCUT2D eigenvalue weighted by atomic mass is 127. The zero-order valence-electron chi connectivity index (χ0n) is 17.2. The molecule has 0 fully saturated rings. The molecule has 2 heterocycles. The molecule has 162 valence electrons. The molecule has 0 amide bonds. The van der Waals surface area contributed by atoms with Gasteiger partial charge in [-0.3, -0.25) is 4.40 Å². The van der Waals surface area contributed by atoms with Crippen LogP contribution < -0.4 is 15.4 Å². The minimum Gasteiger partial charge on any atom is -0.487 e. The fourth-order valence-electron chi connectivity index (χ4n) is 2.86. The Bertz CT molecular complexity index is 948. The third-order valence-electron chi connectivity index (χ3n) is 4.41. The number of hydrogen-bond donors (Lipinski definition) is 2. The van der Waals surface area contributed by atoms with Gasteiger partial charge in [-0.1, -0.05) is 36.7 Å². The highest BCUT2D eigenvalue weighted by Gasteiger charge is 2.11. The second-order valence-electron chi connectivity index (χ2n) is 6.52. The molecular weight excluding hydrogens is 515 g/mol. The Hall–Kier alpha value is -2.07. The van der Waals surface area contributed by atoms with Gasteiger partial charge in [-0.15, -0.1) is 34.2 Å². The molecule has 0 aliphatic rings. The van der Waals surface area contributed by atoms with E-state index < -0.39 is 0 Å². The molecule has 0 radical (unpaired) electrons. The van der Waals surface area contributed by atoms with E-state index in [1.165, 1.54) is 0 Å². The molecule has 3 rings (SSSR count).